The van der Waals surface area contributed by atoms with Crippen LogP contribution in [0.1, 0.15) is 174 Å². The third kappa shape index (κ3) is 22.0. The Hall–Kier alpha value is -7.23. The summed E-state index contributed by atoms with van der Waals surface area (Å²) in [5, 5.41) is 22.2. The van der Waals surface area contributed by atoms with Crippen molar-refractivity contribution in [3.8, 4) is 0 Å². The SMILES string of the molecule is CC[C@H](C)[C@@H]([C@@H](CC(=O)N1CCC[C@H]1[C@H](OC)[C@@H](C)C(=O)N[C@H](C)[C@@H](O)c1ccccc1)OC)N(C)C(=O)[C@@H](CC(=O)[C@H](C(C)C)N(C)C(=O)OCc1ccc(NC(=O)[C@H](CCCNC(N)=O)CC(=O)[C@@H](NC(=O)c2ccc(C(C)C)cc2)C(C)C)cc1)C(C)C. The zero-order valence-corrected chi connectivity index (χ0v) is 56.8. The first-order valence-corrected chi connectivity index (χ1v) is 32.4. The number of carbonyl (C=O) groups is 9. The van der Waals surface area contributed by atoms with E-state index in [0.29, 0.717) is 54.6 Å². The zero-order valence-electron chi connectivity index (χ0n) is 56.8. The fraction of sp³-hybridized carbons (Fsp3) is 0.614. The van der Waals surface area contributed by atoms with Crippen LogP contribution in [0, 0.1) is 41.4 Å². The lowest BCUT2D eigenvalue weighted by atomic mass is 9.83. The lowest BCUT2D eigenvalue weighted by Gasteiger charge is -2.41. The number of urea groups is 1. The van der Waals surface area contributed by atoms with Crippen LogP contribution in [0.2, 0.25) is 0 Å². The van der Waals surface area contributed by atoms with Crippen molar-refractivity contribution < 1.29 is 62.5 Å². The molecule has 1 fully saturated rings. The van der Waals surface area contributed by atoms with E-state index in [0.717, 1.165) is 5.56 Å². The maximum atomic E-state index is 14.9. The number of amides is 8. The molecule has 4 rings (SSSR count). The van der Waals surface area contributed by atoms with Crippen LogP contribution in [0.25, 0.3) is 0 Å². The van der Waals surface area contributed by atoms with E-state index in [1.807, 2.05) is 85.7 Å². The molecule has 0 saturated carbocycles. The van der Waals surface area contributed by atoms with Crippen LogP contribution in [0.4, 0.5) is 15.3 Å². The van der Waals surface area contributed by atoms with Gasteiger partial charge in [0.25, 0.3) is 5.91 Å². The smallest absolute Gasteiger partial charge is 0.410 e. The highest BCUT2D eigenvalue weighted by Gasteiger charge is 2.44. The zero-order chi connectivity index (χ0) is 68.0. The number of aliphatic hydroxyl groups is 1. The Bertz CT molecular complexity index is 2850. The van der Waals surface area contributed by atoms with Crippen LogP contribution in [-0.4, -0.2) is 157 Å². The first-order valence-electron chi connectivity index (χ1n) is 32.4. The second-order valence-corrected chi connectivity index (χ2v) is 26.1. The number of likely N-dealkylation sites (N-methyl/N-ethyl adjacent to an activating group) is 2. The summed E-state index contributed by atoms with van der Waals surface area (Å²) in [6.45, 7) is 23.1. The first-order chi connectivity index (χ1) is 43.0. The number of Topliss-reactive ketones (excluding diaryl/α,β-unsaturated/α-hetero) is 2. The van der Waals surface area contributed by atoms with Crippen molar-refractivity contribution in [2.75, 3.05) is 46.7 Å². The van der Waals surface area contributed by atoms with E-state index < -0.39 is 90.2 Å². The summed E-state index contributed by atoms with van der Waals surface area (Å²) in [4.78, 5) is 129. The minimum absolute atomic E-state index is 0.0618. The highest BCUT2D eigenvalue weighted by atomic mass is 16.6. The predicted molar refractivity (Wildman–Crippen MR) is 351 cm³/mol. The normalized spacial score (nSPS) is 16.9. The van der Waals surface area contributed by atoms with E-state index in [9.17, 15) is 48.3 Å². The van der Waals surface area contributed by atoms with Crippen molar-refractivity contribution in [1.82, 2.24) is 30.7 Å². The molecule has 0 aromatic heterocycles. The summed E-state index contributed by atoms with van der Waals surface area (Å²) in [5.74, 6) is -5.43. The Morgan fingerprint density at radius 3 is 1.90 bits per heavy atom. The topological polar surface area (TPSA) is 285 Å². The molecular formula is C70H106N8O13. The number of benzene rings is 3. The number of nitrogens with zero attached hydrogens (tertiary/aromatic N) is 3. The molecule has 8 amide bonds. The first kappa shape index (κ1) is 76.2. The number of methoxy groups -OCH3 is 2. The molecule has 3 aromatic rings. The maximum Gasteiger partial charge on any atom is 0.410 e. The van der Waals surface area contributed by atoms with Gasteiger partial charge in [-0.05, 0) is 103 Å². The van der Waals surface area contributed by atoms with Crippen LogP contribution in [0.15, 0.2) is 78.9 Å². The molecule has 21 nitrogen and oxygen atoms in total. The van der Waals surface area contributed by atoms with E-state index >= 15 is 0 Å². The summed E-state index contributed by atoms with van der Waals surface area (Å²) >= 11 is 0. The van der Waals surface area contributed by atoms with Crippen LogP contribution in [0.3, 0.4) is 0 Å². The van der Waals surface area contributed by atoms with Crippen LogP contribution < -0.4 is 27.0 Å². The van der Waals surface area contributed by atoms with E-state index in [1.54, 1.807) is 79.2 Å². The number of hydrogen-bond acceptors (Lipinski definition) is 13. The minimum Gasteiger partial charge on any atom is -0.445 e. The van der Waals surface area contributed by atoms with Crippen molar-refractivity contribution >= 4 is 58.9 Å². The summed E-state index contributed by atoms with van der Waals surface area (Å²) in [5.41, 5.74) is 8.41. The van der Waals surface area contributed by atoms with Crippen LogP contribution >= 0.6 is 0 Å². The van der Waals surface area contributed by atoms with Crippen molar-refractivity contribution in [1.29, 1.82) is 0 Å². The monoisotopic (exact) mass is 1270 g/mol. The third-order valence-corrected chi connectivity index (χ3v) is 18.0. The van der Waals surface area contributed by atoms with Gasteiger partial charge in [-0.1, -0.05) is 137 Å². The minimum atomic E-state index is -0.956. The van der Waals surface area contributed by atoms with E-state index in [-0.39, 0.29) is 97.7 Å². The summed E-state index contributed by atoms with van der Waals surface area (Å²) in [7, 11) is 6.22. The van der Waals surface area contributed by atoms with Gasteiger partial charge in [0.05, 0.1) is 60.9 Å². The summed E-state index contributed by atoms with van der Waals surface area (Å²) in [6, 6.07) is 18.8. The van der Waals surface area contributed by atoms with Gasteiger partial charge in [-0.25, -0.2) is 9.59 Å². The van der Waals surface area contributed by atoms with Gasteiger partial charge < -0.3 is 61.0 Å². The highest BCUT2D eigenvalue weighted by Crippen LogP contribution is 2.32. The highest BCUT2D eigenvalue weighted by molar-refractivity contribution is 6.00. The average Bonchev–Trinajstić information content (AvgIpc) is 3.13. The lowest BCUT2D eigenvalue weighted by Crippen LogP contribution is -2.55. The summed E-state index contributed by atoms with van der Waals surface area (Å²) < 4.78 is 17.8. The molecule has 1 saturated heterocycles. The number of primary amides is 1. The average molecular weight is 1270 g/mol. The molecule has 0 aliphatic carbocycles. The molecule has 3 aromatic carbocycles. The number of likely N-dealkylation sites (tertiary alicyclic amines) is 1. The van der Waals surface area contributed by atoms with Gasteiger partial charge in [0, 0.05) is 77.3 Å². The van der Waals surface area contributed by atoms with Crippen LogP contribution in [-0.2, 0) is 49.6 Å². The molecule has 1 aliphatic rings. The van der Waals surface area contributed by atoms with E-state index in [2.05, 4.69) is 35.1 Å². The summed E-state index contributed by atoms with van der Waals surface area (Å²) in [6.07, 6.45) is -0.984. The van der Waals surface area contributed by atoms with Crippen molar-refractivity contribution in [2.24, 2.45) is 47.2 Å². The molecule has 504 valence electrons. The third-order valence-electron chi connectivity index (χ3n) is 18.0. The van der Waals surface area contributed by atoms with Gasteiger partial charge in [0.1, 0.15) is 6.61 Å². The second-order valence-electron chi connectivity index (χ2n) is 26.1. The molecule has 21 heteroatoms. The van der Waals surface area contributed by atoms with E-state index in [1.165, 1.54) is 26.2 Å². The second kappa shape index (κ2) is 36.7. The van der Waals surface area contributed by atoms with Gasteiger partial charge in [-0.15, -0.1) is 0 Å². The Labute approximate surface area is 540 Å². The van der Waals surface area contributed by atoms with Crippen molar-refractivity contribution in [3.05, 3.63) is 101 Å². The Kier molecular flexibility index (Phi) is 30.8. The molecule has 0 radical (unpaired) electrons. The molecule has 0 unspecified atom stereocenters. The standard InChI is InChI=1S/C70H106N8O13/c1-17-45(10)62(58(89-15)39-59(81)78-36-22-26-55(78)64(90-16)46(11)65(83)73-47(12)63(82)50-23-19-18-20-24-50)76(13)68(86)54(42(4)5)38-57(80)61(44(8)9)77(14)70(88)91-40-48-27-33-53(34-28-48)74-67(85)52(25-21-35-72-69(71)87)37-56(79)60(43(6)7)75-66(84)51-31-29-49(30-32-51)41(2)3/h18-20,23-24,27-34,41-47,52,54-55,58,60-64,82H,17,21-22,25-26,35-40H2,1-16H3,(H,73,83)(H,74,85)(H,75,84)(H3,71,72,87)/t45-,46+,47+,52+,54-,55-,58+,60-,61-,62-,63+,64+/m0/s1. The van der Waals surface area contributed by atoms with Gasteiger partial charge in [-0.3, -0.25) is 33.6 Å². The molecule has 0 spiro atoms. The quantitative estimate of drug-likeness (QED) is 0.0296. The van der Waals surface area contributed by atoms with Gasteiger partial charge in [0.2, 0.25) is 23.6 Å². The number of carbonyl (C=O) groups excluding carboxylic acids is 9. The number of hydrogen-bond donors (Lipinski definition) is 6. The lowest BCUT2D eigenvalue weighted by molar-refractivity contribution is -0.149. The van der Waals surface area contributed by atoms with Gasteiger partial charge >= 0.3 is 12.1 Å². The Balaban J connectivity index is 1.41. The van der Waals surface area contributed by atoms with Crippen molar-refractivity contribution in [2.45, 2.75) is 195 Å². The maximum absolute atomic E-state index is 14.9. The molecule has 7 N–H and O–H groups in total. The molecule has 12 atom stereocenters. The van der Waals surface area contributed by atoms with E-state index in [4.69, 9.17) is 19.9 Å². The van der Waals surface area contributed by atoms with Gasteiger partial charge in [0.15, 0.2) is 11.6 Å². The molecule has 1 aliphatic heterocycles. The van der Waals surface area contributed by atoms with Crippen molar-refractivity contribution in [3.63, 3.8) is 0 Å². The fourth-order valence-corrected chi connectivity index (χ4v) is 12.3. The van der Waals surface area contributed by atoms with Crippen LogP contribution in [0.5, 0.6) is 0 Å². The number of nitrogens with two attached hydrogens (primary N) is 1. The molecular weight excluding hydrogens is 1160 g/mol. The molecule has 0 bridgehead atoms. The number of nitrogens with one attached hydrogen (secondary N) is 4. The van der Waals surface area contributed by atoms with Gasteiger partial charge in [-0.2, -0.15) is 0 Å². The number of rotatable bonds is 36. The number of ether oxygens (including phenoxy) is 3. The fourth-order valence-electron chi connectivity index (χ4n) is 12.3. The molecule has 91 heavy (non-hydrogen) atoms. The number of ketones is 2. The Morgan fingerprint density at radius 1 is 0.714 bits per heavy atom. The predicted octanol–water partition coefficient (Wildman–Crippen LogP) is 9.21. The molecule has 1 heterocycles. The Morgan fingerprint density at radius 2 is 1.35 bits per heavy atom. The largest absolute Gasteiger partial charge is 0.445 e. The number of anilines is 1. The number of aliphatic hydroxyl groups excluding tert-OH is 1.